The molecule has 0 atom stereocenters. The highest BCUT2D eigenvalue weighted by Gasteiger charge is 2.33. The smallest absolute Gasteiger partial charge is 0.271 e. The predicted octanol–water partition coefficient (Wildman–Crippen LogP) is 2.82. The summed E-state index contributed by atoms with van der Waals surface area (Å²) < 4.78 is 1.76. The Morgan fingerprint density at radius 1 is 1.18 bits per heavy atom. The summed E-state index contributed by atoms with van der Waals surface area (Å²) in [6, 6.07) is 11.5. The third kappa shape index (κ3) is 3.91. The zero-order chi connectivity index (χ0) is 23.9. The van der Waals surface area contributed by atoms with Crippen LogP contribution in [-0.4, -0.2) is 50.9 Å². The Labute approximate surface area is 191 Å². The van der Waals surface area contributed by atoms with Crippen LogP contribution in [0.3, 0.4) is 0 Å². The molecule has 1 aliphatic heterocycles. The van der Waals surface area contributed by atoms with Crippen LogP contribution >= 0.6 is 0 Å². The number of carbonyl (C=O) groups excluding carboxylic acids is 3. The Morgan fingerprint density at radius 3 is 2.64 bits per heavy atom. The van der Waals surface area contributed by atoms with Crippen molar-refractivity contribution in [2.45, 2.75) is 13.5 Å². The second-order valence-corrected chi connectivity index (χ2v) is 8.00. The third-order valence-corrected chi connectivity index (χ3v) is 5.83. The van der Waals surface area contributed by atoms with Crippen LogP contribution in [0.25, 0.3) is 22.0 Å². The number of nitrogens with zero attached hydrogens (tertiary/aromatic N) is 4. The van der Waals surface area contributed by atoms with E-state index in [4.69, 9.17) is 0 Å². The minimum Gasteiger partial charge on any atom is -0.341 e. The summed E-state index contributed by atoms with van der Waals surface area (Å²) in [4.78, 5) is 40.7. The number of hydrogen-bond donors (Lipinski definition) is 1. The standard InChI is InChI=1S/C25H25N5O3/c1-6-28(4)24(32)15(2)26-23(31)16(3)30-14-21-19(8-7-9-20(21)25(30)33)17-10-11-18-13-29(5)27-22(18)12-17/h7-13H,2-3,6,14H2,1,4-5H3,(H,26,31). The summed E-state index contributed by atoms with van der Waals surface area (Å²) in [5, 5.41) is 7.95. The van der Waals surface area contributed by atoms with E-state index < -0.39 is 11.8 Å². The Kier molecular flexibility index (Phi) is 5.59. The van der Waals surface area contributed by atoms with E-state index in [0.29, 0.717) is 12.1 Å². The maximum absolute atomic E-state index is 13.1. The first-order valence-corrected chi connectivity index (χ1v) is 10.5. The van der Waals surface area contributed by atoms with Crippen molar-refractivity contribution in [3.63, 3.8) is 0 Å². The molecule has 8 nitrogen and oxygen atoms in total. The van der Waals surface area contributed by atoms with Gasteiger partial charge in [-0.15, -0.1) is 0 Å². The van der Waals surface area contributed by atoms with E-state index in [2.05, 4.69) is 23.6 Å². The number of aromatic nitrogens is 2. The molecule has 1 aliphatic rings. The normalized spacial score (nSPS) is 12.6. The summed E-state index contributed by atoms with van der Waals surface area (Å²) >= 11 is 0. The summed E-state index contributed by atoms with van der Waals surface area (Å²) in [6.07, 6.45) is 1.94. The highest BCUT2D eigenvalue weighted by molar-refractivity contribution is 6.08. The van der Waals surface area contributed by atoms with Gasteiger partial charge in [0.25, 0.3) is 17.7 Å². The molecule has 4 rings (SSSR count). The fraction of sp³-hybridized carbons (Fsp3) is 0.200. The largest absolute Gasteiger partial charge is 0.341 e. The molecule has 0 aliphatic carbocycles. The minimum atomic E-state index is -0.643. The summed E-state index contributed by atoms with van der Waals surface area (Å²) in [5.41, 5.74) is 3.90. The van der Waals surface area contributed by atoms with Crippen LogP contribution in [0.15, 0.2) is 67.1 Å². The molecule has 0 saturated carbocycles. The third-order valence-electron chi connectivity index (χ3n) is 5.83. The van der Waals surface area contributed by atoms with E-state index in [1.807, 2.05) is 50.5 Å². The molecule has 0 unspecified atom stereocenters. The first-order chi connectivity index (χ1) is 15.7. The number of likely N-dealkylation sites (N-methyl/N-ethyl adjacent to an activating group) is 1. The second kappa shape index (κ2) is 8.38. The second-order valence-electron chi connectivity index (χ2n) is 8.00. The van der Waals surface area contributed by atoms with Crippen LogP contribution in [-0.2, 0) is 23.2 Å². The topological polar surface area (TPSA) is 87.5 Å². The van der Waals surface area contributed by atoms with E-state index in [0.717, 1.165) is 27.6 Å². The van der Waals surface area contributed by atoms with Crippen LogP contribution in [0, 0.1) is 0 Å². The SMILES string of the molecule is C=C(NC(=O)C(=C)N1Cc2c(cccc2-c2ccc3cn(C)nc3c2)C1=O)C(=O)N(C)CC. The molecule has 0 bridgehead atoms. The Balaban J connectivity index is 1.58. The molecular formula is C25H25N5O3. The van der Waals surface area contributed by atoms with Gasteiger partial charge in [0.2, 0.25) is 0 Å². The van der Waals surface area contributed by atoms with Gasteiger partial charge in [-0.2, -0.15) is 5.10 Å². The van der Waals surface area contributed by atoms with Gasteiger partial charge in [0, 0.05) is 37.8 Å². The number of nitrogens with one attached hydrogen (secondary N) is 1. The molecule has 33 heavy (non-hydrogen) atoms. The van der Waals surface area contributed by atoms with E-state index in [1.54, 1.807) is 17.8 Å². The Bertz CT molecular complexity index is 1340. The van der Waals surface area contributed by atoms with Crippen molar-refractivity contribution in [2.24, 2.45) is 7.05 Å². The van der Waals surface area contributed by atoms with Crippen molar-refractivity contribution >= 4 is 28.6 Å². The van der Waals surface area contributed by atoms with Crippen molar-refractivity contribution in [3.8, 4) is 11.1 Å². The van der Waals surface area contributed by atoms with E-state index in [-0.39, 0.29) is 23.8 Å². The molecule has 0 saturated heterocycles. The fourth-order valence-corrected chi connectivity index (χ4v) is 3.89. The number of amides is 3. The van der Waals surface area contributed by atoms with Crippen LogP contribution in [0.4, 0.5) is 0 Å². The molecule has 0 radical (unpaired) electrons. The number of fused-ring (bicyclic) bond motifs is 2. The van der Waals surface area contributed by atoms with Crippen molar-refractivity contribution in [2.75, 3.05) is 13.6 Å². The van der Waals surface area contributed by atoms with E-state index in [1.165, 1.54) is 9.80 Å². The van der Waals surface area contributed by atoms with Gasteiger partial charge in [-0.1, -0.05) is 37.4 Å². The quantitative estimate of drug-likeness (QED) is 0.594. The first-order valence-electron chi connectivity index (χ1n) is 10.5. The number of hydrogen-bond acceptors (Lipinski definition) is 4. The monoisotopic (exact) mass is 443 g/mol. The molecule has 0 fully saturated rings. The van der Waals surface area contributed by atoms with Crippen LogP contribution in [0.1, 0.15) is 22.8 Å². The van der Waals surface area contributed by atoms with Gasteiger partial charge in [0.1, 0.15) is 5.70 Å². The minimum absolute atomic E-state index is 0.0459. The predicted molar refractivity (Wildman–Crippen MR) is 126 cm³/mol. The Hall–Kier alpha value is -4.20. The van der Waals surface area contributed by atoms with Crippen molar-refractivity contribution in [3.05, 3.63) is 78.3 Å². The van der Waals surface area contributed by atoms with Gasteiger partial charge >= 0.3 is 0 Å². The number of aryl methyl sites for hydroxylation is 1. The van der Waals surface area contributed by atoms with E-state index in [9.17, 15) is 14.4 Å². The summed E-state index contributed by atoms with van der Waals surface area (Å²) in [5.74, 6) is -1.36. The van der Waals surface area contributed by atoms with Gasteiger partial charge in [0.05, 0.1) is 17.8 Å². The highest BCUT2D eigenvalue weighted by atomic mass is 16.2. The summed E-state index contributed by atoms with van der Waals surface area (Å²) in [6.45, 7) is 9.93. The molecule has 168 valence electrons. The molecule has 3 amide bonds. The maximum atomic E-state index is 13.1. The van der Waals surface area contributed by atoms with Crippen LogP contribution in [0.2, 0.25) is 0 Å². The van der Waals surface area contributed by atoms with Crippen molar-refractivity contribution < 1.29 is 14.4 Å². The lowest BCUT2D eigenvalue weighted by Gasteiger charge is -2.20. The fourth-order valence-electron chi connectivity index (χ4n) is 3.89. The molecule has 2 heterocycles. The van der Waals surface area contributed by atoms with Crippen molar-refractivity contribution in [1.29, 1.82) is 0 Å². The van der Waals surface area contributed by atoms with Gasteiger partial charge in [-0.25, -0.2) is 0 Å². The summed E-state index contributed by atoms with van der Waals surface area (Å²) in [7, 11) is 3.48. The zero-order valence-corrected chi connectivity index (χ0v) is 18.9. The molecule has 1 aromatic heterocycles. The number of rotatable bonds is 6. The van der Waals surface area contributed by atoms with Gasteiger partial charge in [-0.05, 0) is 35.7 Å². The van der Waals surface area contributed by atoms with Crippen molar-refractivity contribution in [1.82, 2.24) is 24.9 Å². The molecule has 2 aromatic carbocycles. The van der Waals surface area contributed by atoms with Gasteiger partial charge in [-0.3, -0.25) is 24.0 Å². The molecule has 3 aromatic rings. The van der Waals surface area contributed by atoms with Gasteiger partial charge in [0.15, 0.2) is 0 Å². The van der Waals surface area contributed by atoms with Crippen LogP contribution < -0.4 is 5.32 Å². The lowest BCUT2D eigenvalue weighted by atomic mass is 9.96. The average Bonchev–Trinajstić information content (AvgIpc) is 3.35. The molecule has 8 heteroatoms. The molecule has 1 N–H and O–H groups in total. The van der Waals surface area contributed by atoms with Crippen LogP contribution in [0.5, 0.6) is 0 Å². The average molecular weight is 444 g/mol. The Morgan fingerprint density at radius 2 is 1.91 bits per heavy atom. The first kappa shape index (κ1) is 22.0. The van der Waals surface area contributed by atoms with E-state index >= 15 is 0 Å². The number of carbonyl (C=O) groups is 3. The zero-order valence-electron chi connectivity index (χ0n) is 18.9. The lowest BCUT2D eigenvalue weighted by molar-refractivity contribution is -0.128. The lowest BCUT2D eigenvalue weighted by Crippen LogP contribution is -2.39. The van der Waals surface area contributed by atoms with Gasteiger partial charge < -0.3 is 10.2 Å². The molecule has 0 spiro atoms. The maximum Gasteiger partial charge on any atom is 0.271 e. The highest BCUT2D eigenvalue weighted by Crippen LogP contribution is 2.35. The number of benzene rings is 2. The molecular weight excluding hydrogens is 418 g/mol.